The number of ether oxygens (including phenoxy) is 2. The number of fused-ring (bicyclic) bond motifs is 4. The minimum absolute atomic E-state index is 0.00422. The molecule has 2 saturated heterocycles. The second-order valence-electron chi connectivity index (χ2n) is 9.99. The van der Waals surface area contributed by atoms with Crippen molar-refractivity contribution in [2.75, 3.05) is 53.0 Å². The van der Waals surface area contributed by atoms with E-state index in [1.54, 1.807) is 12.0 Å². The van der Waals surface area contributed by atoms with Crippen molar-refractivity contribution >= 4 is 22.7 Å². The second-order valence-corrected chi connectivity index (χ2v) is 9.99. The van der Waals surface area contributed by atoms with E-state index in [4.69, 9.17) is 9.47 Å². The Morgan fingerprint density at radius 3 is 2.78 bits per heavy atom. The summed E-state index contributed by atoms with van der Waals surface area (Å²) in [5, 5.41) is 1.12. The van der Waals surface area contributed by atoms with Crippen LogP contribution < -0.4 is 9.64 Å². The molecule has 6 rings (SSSR count). The van der Waals surface area contributed by atoms with Gasteiger partial charge in [0.05, 0.1) is 39.5 Å². The fraction of sp³-hybridized carbons (Fsp3) is 0.429. The van der Waals surface area contributed by atoms with Crippen LogP contribution in [-0.2, 0) is 20.7 Å². The molecule has 1 aromatic heterocycles. The number of hydrogen-bond acceptors (Lipinski definition) is 4. The minimum atomic E-state index is -0.509. The van der Waals surface area contributed by atoms with Crippen LogP contribution in [-0.4, -0.2) is 85.7 Å². The molecule has 3 aromatic rings. The quantitative estimate of drug-likeness (QED) is 0.545. The zero-order valence-corrected chi connectivity index (χ0v) is 20.7. The number of quaternary nitrogens is 1. The SMILES string of the molecule is COc1cccc([C@@H]2c3[nH]c4ccccc4c3C[C@H]3C(=O)N(CCC[NH+]4CCOCC4)CC(=O)N23)c1. The number of aromatic amines is 1. The summed E-state index contributed by atoms with van der Waals surface area (Å²) in [4.78, 5) is 36.2. The number of morpholine rings is 1. The summed E-state index contributed by atoms with van der Waals surface area (Å²) < 4.78 is 10.9. The highest BCUT2D eigenvalue weighted by atomic mass is 16.5. The summed E-state index contributed by atoms with van der Waals surface area (Å²) >= 11 is 0. The molecule has 3 aliphatic heterocycles. The normalized spacial score (nSPS) is 22.6. The number of rotatable bonds is 6. The number of carbonyl (C=O) groups is 2. The van der Waals surface area contributed by atoms with Gasteiger partial charge in [-0.15, -0.1) is 0 Å². The number of aromatic nitrogens is 1. The maximum atomic E-state index is 13.8. The van der Waals surface area contributed by atoms with Crippen molar-refractivity contribution in [3.63, 3.8) is 0 Å². The van der Waals surface area contributed by atoms with Crippen molar-refractivity contribution in [1.82, 2.24) is 14.8 Å². The van der Waals surface area contributed by atoms with E-state index >= 15 is 0 Å². The molecule has 8 nitrogen and oxygen atoms in total. The third-order valence-corrected chi connectivity index (χ3v) is 7.91. The molecule has 2 atom stereocenters. The first kappa shape index (κ1) is 23.1. The van der Waals surface area contributed by atoms with Crippen LogP contribution in [0.15, 0.2) is 48.5 Å². The first-order chi connectivity index (χ1) is 17.6. The molecule has 188 valence electrons. The van der Waals surface area contributed by atoms with Gasteiger partial charge in [0.25, 0.3) is 0 Å². The van der Waals surface area contributed by atoms with Crippen LogP contribution in [0.1, 0.15) is 29.3 Å². The summed E-state index contributed by atoms with van der Waals surface area (Å²) in [6.07, 6.45) is 1.41. The number of nitrogens with zero attached hydrogens (tertiary/aromatic N) is 2. The summed E-state index contributed by atoms with van der Waals surface area (Å²) in [7, 11) is 1.64. The van der Waals surface area contributed by atoms with E-state index in [0.717, 1.165) is 72.7 Å². The number of amides is 2. The third kappa shape index (κ3) is 4.04. The van der Waals surface area contributed by atoms with E-state index in [2.05, 4.69) is 17.1 Å². The lowest BCUT2D eigenvalue weighted by Gasteiger charge is -2.47. The number of para-hydroxylation sites is 1. The molecule has 0 spiro atoms. The van der Waals surface area contributed by atoms with Gasteiger partial charge in [-0.2, -0.15) is 0 Å². The molecule has 0 saturated carbocycles. The Kier molecular flexibility index (Phi) is 6.15. The predicted octanol–water partition coefficient (Wildman–Crippen LogP) is 1.17. The van der Waals surface area contributed by atoms with Crippen LogP contribution in [0.5, 0.6) is 5.75 Å². The zero-order valence-electron chi connectivity index (χ0n) is 20.7. The topological polar surface area (TPSA) is 79.3 Å². The fourth-order valence-electron chi connectivity index (χ4n) is 6.10. The van der Waals surface area contributed by atoms with Gasteiger partial charge < -0.3 is 29.2 Å². The summed E-state index contributed by atoms with van der Waals surface area (Å²) in [6.45, 7) is 5.35. The molecule has 3 aliphatic rings. The van der Waals surface area contributed by atoms with Crippen molar-refractivity contribution in [3.05, 3.63) is 65.4 Å². The van der Waals surface area contributed by atoms with Gasteiger partial charge in [-0.3, -0.25) is 9.59 Å². The number of H-pyrrole nitrogens is 1. The van der Waals surface area contributed by atoms with Crippen molar-refractivity contribution in [2.45, 2.75) is 24.9 Å². The van der Waals surface area contributed by atoms with Gasteiger partial charge in [0.2, 0.25) is 11.8 Å². The van der Waals surface area contributed by atoms with E-state index in [9.17, 15) is 9.59 Å². The van der Waals surface area contributed by atoms with Gasteiger partial charge >= 0.3 is 0 Å². The highest BCUT2D eigenvalue weighted by molar-refractivity contribution is 5.97. The molecule has 2 amide bonds. The second kappa shape index (κ2) is 9.59. The van der Waals surface area contributed by atoms with Crippen LogP contribution in [0, 0.1) is 0 Å². The first-order valence-corrected chi connectivity index (χ1v) is 12.9. The van der Waals surface area contributed by atoms with Crippen molar-refractivity contribution < 1.29 is 24.0 Å². The maximum absolute atomic E-state index is 13.8. The van der Waals surface area contributed by atoms with Crippen LogP contribution >= 0.6 is 0 Å². The lowest BCUT2D eigenvalue weighted by molar-refractivity contribution is -0.908. The first-order valence-electron chi connectivity index (χ1n) is 12.9. The number of carbonyl (C=O) groups excluding carboxylic acids is 2. The predicted molar refractivity (Wildman–Crippen MR) is 135 cm³/mol. The standard InChI is InChI=1S/C28H32N4O4/c1-35-20-7-4-6-19(16-20)27-26-22(21-8-2-3-9-23(21)29-26)17-24-28(34)31(18-25(33)32(24)27)11-5-10-30-12-14-36-15-13-30/h2-4,6-9,16,24,27,29H,5,10-15,17-18H2,1H3/p+1/t24-,27+/m0/s1. The minimum Gasteiger partial charge on any atom is -0.497 e. The van der Waals surface area contributed by atoms with Gasteiger partial charge in [0.15, 0.2) is 0 Å². The van der Waals surface area contributed by atoms with Gasteiger partial charge in [-0.05, 0) is 29.3 Å². The van der Waals surface area contributed by atoms with Gasteiger partial charge in [0, 0.05) is 36.0 Å². The van der Waals surface area contributed by atoms with Crippen LogP contribution in [0.25, 0.3) is 10.9 Å². The van der Waals surface area contributed by atoms with Crippen molar-refractivity contribution in [3.8, 4) is 5.75 Å². The zero-order chi connectivity index (χ0) is 24.6. The van der Waals surface area contributed by atoms with Gasteiger partial charge in [-0.1, -0.05) is 30.3 Å². The van der Waals surface area contributed by atoms with Crippen molar-refractivity contribution in [2.24, 2.45) is 0 Å². The van der Waals surface area contributed by atoms with E-state index in [0.29, 0.717) is 13.0 Å². The number of methoxy groups -OCH3 is 1. The lowest BCUT2D eigenvalue weighted by atomic mass is 9.86. The molecule has 0 radical (unpaired) electrons. The molecule has 0 unspecified atom stereocenters. The average molecular weight is 490 g/mol. The summed E-state index contributed by atoms with van der Waals surface area (Å²) in [5.41, 5.74) is 4.09. The van der Waals surface area contributed by atoms with E-state index in [1.165, 1.54) is 4.90 Å². The van der Waals surface area contributed by atoms with Gasteiger partial charge in [0.1, 0.15) is 24.9 Å². The average Bonchev–Trinajstić information content (AvgIpc) is 3.29. The Morgan fingerprint density at radius 2 is 1.94 bits per heavy atom. The largest absolute Gasteiger partial charge is 0.497 e. The molecule has 4 heterocycles. The highest BCUT2D eigenvalue weighted by Gasteiger charge is 2.48. The number of nitrogens with one attached hydrogen (secondary N) is 2. The summed E-state index contributed by atoms with van der Waals surface area (Å²) in [5.74, 6) is 0.779. The molecule has 2 aromatic carbocycles. The molecule has 2 fully saturated rings. The fourth-order valence-corrected chi connectivity index (χ4v) is 6.10. The Hall–Kier alpha value is -3.36. The van der Waals surface area contributed by atoms with E-state index in [-0.39, 0.29) is 24.4 Å². The smallest absolute Gasteiger partial charge is 0.246 e. The Morgan fingerprint density at radius 1 is 1.11 bits per heavy atom. The highest BCUT2D eigenvalue weighted by Crippen LogP contribution is 2.43. The Labute approximate surface area is 210 Å². The van der Waals surface area contributed by atoms with Crippen LogP contribution in [0.4, 0.5) is 0 Å². The molecular formula is C28H33N4O4+. The van der Waals surface area contributed by atoms with Crippen molar-refractivity contribution in [1.29, 1.82) is 0 Å². The monoisotopic (exact) mass is 489 g/mol. The van der Waals surface area contributed by atoms with Gasteiger partial charge in [-0.25, -0.2) is 0 Å². The Balaban J connectivity index is 1.32. The van der Waals surface area contributed by atoms with Crippen LogP contribution in [0.2, 0.25) is 0 Å². The van der Waals surface area contributed by atoms with E-state index < -0.39 is 6.04 Å². The Bertz CT molecular complexity index is 1280. The summed E-state index contributed by atoms with van der Waals surface area (Å²) in [6, 6.07) is 15.1. The number of piperazine rings is 1. The maximum Gasteiger partial charge on any atom is 0.246 e. The molecule has 0 aliphatic carbocycles. The third-order valence-electron chi connectivity index (χ3n) is 7.91. The molecule has 2 N–H and O–H groups in total. The molecular weight excluding hydrogens is 456 g/mol. The van der Waals surface area contributed by atoms with E-state index in [1.807, 2.05) is 41.3 Å². The molecule has 0 bridgehead atoms. The lowest BCUT2D eigenvalue weighted by Crippen LogP contribution is -3.14. The molecule has 8 heteroatoms. The number of hydrogen-bond donors (Lipinski definition) is 2. The molecule has 36 heavy (non-hydrogen) atoms. The number of benzene rings is 2. The van der Waals surface area contributed by atoms with Crippen LogP contribution in [0.3, 0.4) is 0 Å².